The van der Waals surface area contributed by atoms with Crippen LogP contribution < -0.4 is 4.74 Å². The third-order valence-electron chi connectivity index (χ3n) is 1.91. The predicted molar refractivity (Wildman–Crippen MR) is 52.6 cm³/mol. The Kier molecular flexibility index (Phi) is 2.18. The SMILES string of the molecule is COc1cc(-n2ccc(C)n2)ccn1. The normalized spacial score (nSPS) is 10.1. The summed E-state index contributed by atoms with van der Waals surface area (Å²) in [6.07, 6.45) is 3.61. The highest BCUT2D eigenvalue weighted by molar-refractivity contribution is 5.33. The van der Waals surface area contributed by atoms with Crippen LogP contribution in [0.3, 0.4) is 0 Å². The molecule has 0 aliphatic rings. The smallest absolute Gasteiger partial charge is 0.215 e. The molecule has 2 rings (SSSR count). The Balaban J connectivity index is 2.41. The molecule has 0 N–H and O–H groups in total. The molecule has 4 nitrogen and oxygen atoms in total. The van der Waals surface area contributed by atoms with Gasteiger partial charge < -0.3 is 4.74 Å². The average Bonchev–Trinajstić information content (AvgIpc) is 2.65. The van der Waals surface area contributed by atoms with Crippen molar-refractivity contribution in [1.82, 2.24) is 14.8 Å². The van der Waals surface area contributed by atoms with E-state index in [2.05, 4.69) is 10.1 Å². The number of hydrogen-bond donors (Lipinski definition) is 0. The van der Waals surface area contributed by atoms with E-state index >= 15 is 0 Å². The number of aromatic nitrogens is 3. The number of ether oxygens (including phenoxy) is 1. The van der Waals surface area contributed by atoms with Gasteiger partial charge in [-0.3, -0.25) is 0 Å². The largest absolute Gasteiger partial charge is 0.481 e. The summed E-state index contributed by atoms with van der Waals surface area (Å²) in [4.78, 5) is 4.03. The van der Waals surface area contributed by atoms with E-state index < -0.39 is 0 Å². The van der Waals surface area contributed by atoms with Crippen LogP contribution in [0.1, 0.15) is 5.69 Å². The van der Waals surface area contributed by atoms with E-state index in [0.29, 0.717) is 5.88 Å². The molecular formula is C10H11N3O. The highest BCUT2D eigenvalue weighted by atomic mass is 16.5. The summed E-state index contributed by atoms with van der Waals surface area (Å²) in [6, 6.07) is 5.67. The molecule has 0 amide bonds. The van der Waals surface area contributed by atoms with Gasteiger partial charge in [-0.2, -0.15) is 5.10 Å². The summed E-state index contributed by atoms with van der Waals surface area (Å²) in [5.74, 6) is 0.593. The van der Waals surface area contributed by atoms with E-state index in [-0.39, 0.29) is 0 Å². The number of methoxy groups -OCH3 is 1. The van der Waals surface area contributed by atoms with Crippen molar-refractivity contribution in [3.8, 4) is 11.6 Å². The van der Waals surface area contributed by atoms with E-state index in [4.69, 9.17) is 4.74 Å². The molecule has 0 aliphatic heterocycles. The van der Waals surface area contributed by atoms with Crippen LogP contribution in [0.25, 0.3) is 5.69 Å². The first kappa shape index (κ1) is 8.74. The lowest BCUT2D eigenvalue weighted by atomic mass is 10.4. The van der Waals surface area contributed by atoms with Gasteiger partial charge in [0.15, 0.2) is 0 Å². The first-order valence-corrected chi connectivity index (χ1v) is 4.32. The maximum absolute atomic E-state index is 5.03. The van der Waals surface area contributed by atoms with E-state index in [1.807, 2.05) is 31.3 Å². The Morgan fingerprint density at radius 2 is 2.21 bits per heavy atom. The number of rotatable bonds is 2. The van der Waals surface area contributed by atoms with E-state index in [0.717, 1.165) is 11.4 Å². The molecule has 0 saturated heterocycles. The van der Waals surface area contributed by atoms with Crippen molar-refractivity contribution < 1.29 is 4.74 Å². The molecule has 72 valence electrons. The molecule has 4 heteroatoms. The second-order valence-electron chi connectivity index (χ2n) is 2.96. The molecule has 2 aromatic rings. The number of pyridine rings is 1. The van der Waals surface area contributed by atoms with Crippen LogP contribution in [0.2, 0.25) is 0 Å². The van der Waals surface area contributed by atoms with Crippen molar-refractivity contribution in [2.75, 3.05) is 7.11 Å². The van der Waals surface area contributed by atoms with Crippen LogP contribution in [-0.4, -0.2) is 21.9 Å². The zero-order chi connectivity index (χ0) is 9.97. The Morgan fingerprint density at radius 1 is 1.36 bits per heavy atom. The van der Waals surface area contributed by atoms with Crippen molar-refractivity contribution in [3.05, 3.63) is 36.3 Å². The van der Waals surface area contributed by atoms with Crippen LogP contribution in [0, 0.1) is 6.92 Å². The monoisotopic (exact) mass is 189 g/mol. The van der Waals surface area contributed by atoms with E-state index in [1.165, 1.54) is 0 Å². The Labute approximate surface area is 82.2 Å². The van der Waals surface area contributed by atoms with Gasteiger partial charge in [0.1, 0.15) is 0 Å². The van der Waals surface area contributed by atoms with Crippen LogP contribution in [0.4, 0.5) is 0 Å². The zero-order valence-corrected chi connectivity index (χ0v) is 8.14. The minimum atomic E-state index is 0.593. The number of hydrogen-bond acceptors (Lipinski definition) is 3. The Morgan fingerprint density at radius 3 is 2.86 bits per heavy atom. The second kappa shape index (κ2) is 3.49. The van der Waals surface area contributed by atoms with Crippen LogP contribution in [-0.2, 0) is 0 Å². The highest BCUT2D eigenvalue weighted by Crippen LogP contribution is 2.12. The van der Waals surface area contributed by atoms with Gasteiger partial charge in [0, 0.05) is 18.5 Å². The van der Waals surface area contributed by atoms with Crippen molar-refractivity contribution in [3.63, 3.8) is 0 Å². The molecule has 0 bridgehead atoms. The second-order valence-corrected chi connectivity index (χ2v) is 2.96. The molecule has 0 unspecified atom stereocenters. The molecule has 0 aliphatic carbocycles. The first-order chi connectivity index (χ1) is 6.79. The third kappa shape index (κ3) is 1.59. The lowest BCUT2D eigenvalue weighted by Gasteiger charge is -2.02. The Hall–Kier alpha value is -1.84. The molecule has 0 saturated carbocycles. The van der Waals surface area contributed by atoms with Gasteiger partial charge in [-0.15, -0.1) is 0 Å². The summed E-state index contributed by atoms with van der Waals surface area (Å²) < 4.78 is 6.82. The third-order valence-corrected chi connectivity index (χ3v) is 1.91. The standard InChI is InChI=1S/C10H11N3O/c1-8-4-6-13(12-8)9-3-5-11-10(7-9)14-2/h3-7H,1-2H3. The van der Waals surface area contributed by atoms with Gasteiger partial charge in [-0.05, 0) is 19.1 Å². The fraction of sp³-hybridized carbons (Fsp3) is 0.200. The Bertz CT molecular complexity index is 436. The predicted octanol–water partition coefficient (Wildman–Crippen LogP) is 1.58. The number of aryl methyl sites for hydroxylation is 1. The van der Waals surface area contributed by atoms with Crippen molar-refractivity contribution in [2.24, 2.45) is 0 Å². The molecule has 2 heterocycles. The topological polar surface area (TPSA) is 39.9 Å². The van der Waals surface area contributed by atoms with Gasteiger partial charge in [0.25, 0.3) is 0 Å². The van der Waals surface area contributed by atoms with Gasteiger partial charge in [-0.25, -0.2) is 9.67 Å². The summed E-state index contributed by atoms with van der Waals surface area (Å²) in [7, 11) is 1.60. The van der Waals surface area contributed by atoms with E-state index in [9.17, 15) is 0 Å². The molecular weight excluding hydrogens is 178 g/mol. The van der Waals surface area contributed by atoms with Crippen LogP contribution in [0.5, 0.6) is 5.88 Å². The summed E-state index contributed by atoms with van der Waals surface area (Å²) in [5.41, 5.74) is 1.94. The molecule has 0 atom stereocenters. The van der Waals surface area contributed by atoms with Crippen molar-refractivity contribution >= 4 is 0 Å². The highest BCUT2D eigenvalue weighted by Gasteiger charge is 1.99. The summed E-state index contributed by atoms with van der Waals surface area (Å²) in [5, 5.41) is 4.29. The lowest BCUT2D eigenvalue weighted by Crippen LogP contribution is -1.96. The van der Waals surface area contributed by atoms with Crippen LogP contribution in [0.15, 0.2) is 30.6 Å². The molecule has 0 aromatic carbocycles. The minimum absolute atomic E-state index is 0.593. The molecule has 14 heavy (non-hydrogen) atoms. The minimum Gasteiger partial charge on any atom is -0.481 e. The van der Waals surface area contributed by atoms with Gasteiger partial charge in [-0.1, -0.05) is 0 Å². The van der Waals surface area contributed by atoms with Gasteiger partial charge in [0.05, 0.1) is 18.5 Å². The fourth-order valence-corrected chi connectivity index (χ4v) is 1.21. The first-order valence-electron chi connectivity index (χ1n) is 4.32. The van der Waals surface area contributed by atoms with Crippen LogP contribution >= 0.6 is 0 Å². The van der Waals surface area contributed by atoms with Gasteiger partial charge >= 0.3 is 0 Å². The fourth-order valence-electron chi connectivity index (χ4n) is 1.21. The zero-order valence-electron chi connectivity index (χ0n) is 8.14. The molecule has 0 radical (unpaired) electrons. The van der Waals surface area contributed by atoms with Crippen molar-refractivity contribution in [2.45, 2.75) is 6.92 Å². The number of nitrogens with zero attached hydrogens (tertiary/aromatic N) is 3. The van der Waals surface area contributed by atoms with Gasteiger partial charge in [0.2, 0.25) is 5.88 Å². The quantitative estimate of drug-likeness (QED) is 0.720. The summed E-state index contributed by atoms with van der Waals surface area (Å²) in [6.45, 7) is 1.95. The lowest BCUT2D eigenvalue weighted by molar-refractivity contribution is 0.397. The van der Waals surface area contributed by atoms with E-state index in [1.54, 1.807) is 18.0 Å². The molecule has 2 aromatic heterocycles. The maximum atomic E-state index is 5.03. The molecule has 0 fully saturated rings. The molecule has 0 spiro atoms. The average molecular weight is 189 g/mol. The maximum Gasteiger partial charge on any atom is 0.215 e. The van der Waals surface area contributed by atoms with Crippen molar-refractivity contribution in [1.29, 1.82) is 0 Å². The summed E-state index contributed by atoms with van der Waals surface area (Å²) >= 11 is 0.